The summed E-state index contributed by atoms with van der Waals surface area (Å²) >= 11 is 7.46. The second-order valence-corrected chi connectivity index (χ2v) is 10.6. The molecule has 11 nitrogen and oxygen atoms in total. The summed E-state index contributed by atoms with van der Waals surface area (Å²) in [5.41, 5.74) is 1.39. The zero-order valence-electron chi connectivity index (χ0n) is 21.1. The van der Waals surface area contributed by atoms with Gasteiger partial charge in [-0.05, 0) is 29.8 Å². The third kappa shape index (κ3) is 5.38. The standard InChI is InChI=1S/C28H19ClN6O5S/c29-25-9-6-19(41-25)12-31-26-10-21(33-35(26)27(37)18-11-32-40-15-18)20-7-8-22(17-4-2-1-3-5-17)34(28(20)38)14-23(36)24-13-30-16-39-24/h1-11,13,15-16,31H,12,14H2. The first-order chi connectivity index (χ1) is 20.0. The molecule has 0 aliphatic carbocycles. The maximum absolute atomic E-state index is 13.9. The number of hydrogen-bond donors (Lipinski definition) is 1. The summed E-state index contributed by atoms with van der Waals surface area (Å²) in [6, 6.07) is 17.8. The van der Waals surface area contributed by atoms with E-state index in [1.807, 2.05) is 36.4 Å². The van der Waals surface area contributed by atoms with Gasteiger partial charge in [-0.1, -0.05) is 47.1 Å². The van der Waals surface area contributed by atoms with Crippen molar-refractivity contribution < 1.29 is 18.5 Å². The molecule has 13 heteroatoms. The van der Waals surface area contributed by atoms with Crippen molar-refractivity contribution in [3.8, 4) is 22.5 Å². The Morgan fingerprint density at radius 3 is 2.61 bits per heavy atom. The summed E-state index contributed by atoms with van der Waals surface area (Å²) in [5.74, 6) is -0.563. The van der Waals surface area contributed by atoms with Crippen LogP contribution in [-0.2, 0) is 13.1 Å². The number of thiophene rings is 1. The number of anilines is 1. The number of nitrogens with zero attached hydrogens (tertiary/aromatic N) is 5. The highest BCUT2D eigenvalue weighted by Gasteiger charge is 2.22. The van der Waals surface area contributed by atoms with Gasteiger partial charge in [0.2, 0.25) is 5.78 Å². The first kappa shape index (κ1) is 26.2. The molecule has 1 aromatic carbocycles. The highest BCUT2D eigenvalue weighted by Crippen LogP contribution is 2.26. The number of halogens is 1. The zero-order valence-corrected chi connectivity index (χ0v) is 22.6. The van der Waals surface area contributed by atoms with Gasteiger partial charge in [-0.15, -0.1) is 11.3 Å². The predicted octanol–water partition coefficient (Wildman–Crippen LogP) is 5.25. The normalized spacial score (nSPS) is 11.0. The van der Waals surface area contributed by atoms with E-state index in [-0.39, 0.29) is 29.1 Å². The summed E-state index contributed by atoms with van der Waals surface area (Å²) in [6.07, 6.45) is 4.95. The van der Waals surface area contributed by atoms with E-state index >= 15 is 0 Å². The van der Waals surface area contributed by atoms with Crippen LogP contribution < -0.4 is 10.9 Å². The maximum Gasteiger partial charge on any atom is 0.285 e. The molecular weight excluding hydrogens is 568 g/mol. The predicted molar refractivity (Wildman–Crippen MR) is 151 cm³/mol. The minimum Gasteiger partial charge on any atom is -0.440 e. The number of ketones is 1. The minimum absolute atomic E-state index is 0.0325. The number of Topliss-reactive ketones (excluding diaryl/α,β-unsaturated/α-hetero) is 1. The van der Waals surface area contributed by atoms with Gasteiger partial charge in [-0.3, -0.25) is 19.0 Å². The molecule has 0 atom stereocenters. The monoisotopic (exact) mass is 586 g/mol. The van der Waals surface area contributed by atoms with Gasteiger partial charge in [0.1, 0.15) is 23.3 Å². The van der Waals surface area contributed by atoms with Gasteiger partial charge in [-0.25, -0.2) is 4.98 Å². The molecule has 0 saturated carbocycles. The van der Waals surface area contributed by atoms with Crippen molar-refractivity contribution in [2.45, 2.75) is 13.1 Å². The van der Waals surface area contributed by atoms with Crippen LogP contribution in [0.3, 0.4) is 0 Å². The van der Waals surface area contributed by atoms with Crippen molar-refractivity contribution in [3.63, 3.8) is 0 Å². The Labute approximate surface area is 240 Å². The van der Waals surface area contributed by atoms with Gasteiger partial charge in [0.05, 0.1) is 41.1 Å². The van der Waals surface area contributed by atoms with Crippen molar-refractivity contribution in [2.75, 3.05) is 5.32 Å². The molecule has 6 aromatic rings. The lowest BCUT2D eigenvalue weighted by molar-refractivity contribution is 0.0938. The number of pyridine rings is 1. The zero-order chi connectivity index (χ0) is 28.3. The van der Waals surface area contributed by atoms with E-state index in [0.717, 1.165) is 21.5 Å². The van der Waals surface area contributed by atoms with Gasteiger partial charge in [-0.2, -0.15) is 9.78 Å². The van der Waals surface area contributed by atoms with E-state index in [0.29, 0.717) is 22.4 Å². The molecule has 0 spiro atoms. The Bertz CT molecular complexity index is 1890. The van der Waals surface area contributed by atoms with Crippen LogP contribution in [0.2, 0.25) is 4.34 Å². The summed E-state index contributed by atoms with van der Waals surface area (Å²) in [6.45, 7) is 0.0684. The molecular formula is C28H19ClN6O5S. The minimum atomic E-state index is -0.508. The van der Waals surface area contributed by atoms with Gasteiger partial charge in [0, 0.05) is 10.9 Å². The molecule has 0 aliphatic rings. The Morgan fingerprint density at radius 1 is 1.05 bits per heavy atom. The first-order valence-electron chi connectivity index (χ1n) is 12.2. The smallest absolute Gasteiger partial charge is 0.285 e. The number of oxazole rings is 1. The molecule has 5 heterocycles. The van der Waals surface area contributed by atoms with Crippen LogP contribution in [0.4, 0.5) is 5.82 Å². The van der Waals surface area contributed by atoms with Crippen molar-refractivity contribution in [1.29, 1.82) is 0 Å². The fourth-order valence-corrected chi connectivity index (χ4v) is 5.24. The van der Waals surface area contributed by atoms with E-state index < -0.39 is 17.2 Å². The number of hydrogen-bond acceptors (Lipinski definition) is 10. The molecule has 0 unspecified atom stereocenters. The largest absolute Gasteiger partial charge is 0.440 e. The highest BCUT2D eigenvalue weighted by atomic mass is 35.5. The number of nitrogens with one attached hydrogen (secondary N) is 1. The lowest BCUT2D eigenvalue weighted by atomic mass is 10.1. The van der Waals surface area contributed by atoms with Crippen molar-refractivity contribution in [2.24, 2.45) is 0 Å². The third-order valence-electron chi connectivity index (χ3n) is 6.18. The summed E-state index contributed by atoms with van der Waals surface area (Å²) in [7, 11) is 0. The van der Waals surface area contributed by atoms with Crippen LogP contribution >= 0.6 is 22.9 Å². The van der Waals surface area contributed by atoms with E-state index in [1.165, 1.54) is 34.6 Å². The molecule has 5 aromatic heterocycles. The molecule has 204 valence electrons. The Kier molecular flexibility index (Phi) is 7.15. The molecule has 1 N–H and O–H groups in total. The van der Waals surface area contributed by atoms with Crippen molar-refractivity contribution in [3.05, 3.63) is 117 Å². The second-order valence-electron chi connectivity index (χ2n) is 8.78. The second kappa shape index (κ2) is 11.2. The lowest BCUT2D eigenvalue weighted by Gasteiger charge is -2.13. The quantitative estimate of drug-likeness (QED) is 0.225. The van der Waals surface area contributed by atoms with E-state index in [1.54, 1.807) is 24.3 Å². The van der Waals surface area contributed by atoms with E-state index in [2.05, 4.69) is 20.6 Å². The SMILES string of the molecule is O=C(Cn1c(-c2ccccc2)ccc(-c2cc(NCc3ccc(Cl)s3)n(C(=O)c3cnoc3)n2)c1=O)c1cnco1. The number of carbonyl (C=O) groups excluding carboxylic acids is 2. The van der Waals surface area contributed by atoms with Gasteiger partial charge in [0.15, 0.2) is 12.2 Å². The van der Waals surface area contributed by atoms with Gasteiger partial charge in [0.25, 0.3) is 11.5 Å². The van der Waals surface area contributed by atoms with Crippen LogP contribution in [-0.4, -0.2) is 36.2 Å². The van der Waals surface area contributed by atoms with Gasteiger partial charge < -0.3 is 14.3 Å². The number of benzene rings is 1. The number of rotatable bonds is 9. The third-order valence-corrected chi connectivity index (χ3v) is 7.41. The summed E-state index contributed by atoms with van der Waals surface area (Å²) < 4.78 is 13.1. The molecule has 0 saturated heterocycles. The molecule has 6 rings (SSSR count). The van der Waals surface area contributed by atoms with Gasteiger partial charge >= 0.3 is 0 Å². The summed E-state index contributed by atoms with van der Waals surface area (Å²) in [5, 5.41) is 11.3. The van der Waals surface area contributed by atoms with Crippen molar-refractivity contribution >= 4 is 40.4 Å². The van der Waals surface area contributed by atoms with Crippen molar-refractivity contribution in [1.82, 2.24) is 24.5 Å². The van der Waals surface area contributed by atoms with Crippen LogP contribution in [0.15, 0.2) is 99.4 Å². The molecule has 0 amide bonds. The molecule has 0 fully saturated rings. The number of carbonyl (C=O) groups is 2. The molecule has 41 heavy (non-hydrogen) atoms. The van der Waals surface area contributed by atoms with E-state index in [9.17, 15) is 14.4 Å². The average Bonchev–Trinajstić information content (AvgIpc) is 3.81. The Hall–Kier alpha value is -5.07. The van der Waals surface area contributed by atoms with Crippen LogP contribution in [0, 0.1) is 0 Å². The number of aromatic nitrogens is 5. The van der Waals surface area contributed by atoms with E-state index in [4.69, 9.17) is 20.5 Å². The Morgan fingerprint density at radius 2 is 1.90 bits per heavy atom. The summed E-state index contributed by atoms with van der Waals surface area (Å²) in [4.78, 5) is 44.9. The fraction of sp³-hybridized carbons (Fsp3) is 0.0714. The van der Waals surface area contributed by atoms with Crippen LogP contribution in [0.5, 0.6) is 0 Å². The average molecular weight is 587 g/mol. The Balaban J connectivity index is 1.43. The molecule has 0 radical (unpaired) electrons. The fourth-order valence-electron chi connectivity index (χ4n) is 4.22. The maximum atomic E-state index is 13.9. The van der Waals surface area contributed by atoms with Crippen LogP contribution in [0.25, 0.3) is 22.5 Å². The topological polar surface area (TPSA) is 138 Å². The lowest BCUT2D eigenvalue weighted by Crippen LogP contribution is -2.27. The molecule has 0 bridgehead atoms. The molecule has 0 aliphatic heterocycles. The first-order valence-corrected chi connectivity index (χ1v) is 13.4. The highest BCUT2D eigenvalue weighted by molar-refractivity contribution is 7.16. The van der Waals surface area contributed by atoms with Crippen LogP contribution in [0.1, 0.15) is 25.8 Å².